The minimum absolute atomic E-state index is 0.179. The standard InChI is InChI=1S/C21H19N3O2/c1-25-18-9-3-6-15(12-18)21(16-7-4-10-19(13-16)26-2)24-20-11-5-8-17(14-22)23-20/h3-13,21H,1-2H3,(H,23,24). The van der Waals surface area contributed by atoms with E-state index in [1.807, 2.05) is 60.7 Å². The van der Waals surface area contributed by atoms with Gasteiger partial charge in [0, 0.05) is 0 Å². The van der Waals surface area contributed by atoms with Gasteiger partial charge in [-0.2, -0.15) is 5.26 Å². The molecular weight excluding hydrogens is 326 g/mol. The number of aromatic nitrogens is 1. The Morgan fingerprint density at radius 2 is 1.46 bits per heavy atom. The molecule has 0 aliphatic carbocycles. The summed E-state index contributed by atoms with van der Waals surface area (Å²) in [5, 5.41) is 12.5. The van der Waals surface area contributed by atoms with Crippen LogP contribution in [0.4, 0.5) is 5.82 Å². The van der Waals surface area contributed by atoms with Gasteiger partial charge in [0.15, 0.2) is 0 Å². The topological polar surface area (TPSA) is 67.2 Å². The summed E-state index contributed by atoms with van der Waals surface area (Å²) in [7, 11) is 3.29. The second kappa shape index (κ2) is 8.04. The molecule has 26 heavy (non-hydrogen) atoms. The van der Waals surface area contributed by atoms with Crippen molar-refractivity contribution in [3.8, 4) is 17.6 Å². The van der Waals surface area contributed by atoms with E-state index in [0.717, 1.165) is 22.6 Å². The zero-order chi connectivity index (χ0) is 18.4. The highest BCUT2D eigenvalue weighted by atomic mass is 16.5. The lowest BCUT2D eigenvalue weighted by Gasteiger charge is -2.21. The van der Waals surface area contributed by atoms with Crippen molar-refractivity contribution in [3.05, 3.63) is 83.6 Å². The van der Waals surface area contributed by atoms with Crippen molar-refractivity contribution in [2.24, 2.45) is 0 Å². The maximum Gasteiger partial charge on any atom is 0.142 e. The Labute approximate surface area is 152 Å². The van der Waals surface area contributed by atoms with Crippen molar-refractivity contribution in [1.82, 2.24) is 4.98 Å². The van der Waals surface area contributed by atoms with E-state index in [-0.39, 0.29) is 6.04 Å². The van der Waals surface area contributed by atoms with Gasteiger partial charge in [-0.05, 0) is 47.5 Å². The lowest BCUT2D eigenvalue weighted by Crippen LogP contribution is -2.14. The number of rotatable bonds is 6. The van der Waals surface area contributed by atoms with Crippen LogP contribution in [-0.4, -0.2) is 19.2 Å². The van der Waals surface area contributed by atoms with Crippen LogP contribution >= 0.6 is 0 Å². The predicted molar refractivity (Wildman–Crippen MR) is 100 cm³/mol. The van der Waals surface area contributed by atoms with Crippen LogP contribution < -0.4 is 14.8 Å². The summed E-state index contributed by atoms with van der Waals surface area (Å²) < 4.78 is 10.7. The molecule has 1 N–H and O–H groups in total. The molecule has 2 aromatic carbocycles. The fourth-order valence-corrected chi connectivity index (χ4v) is 2.73. The summed E-state index contributed by atoms with van der Waals surface area (Å²) in [6, 6.07) is 22.9. The third kappa shape index (κ3) is 3.93. The molecule has 0 amide bonds. The SMILES string of the molecule is COc1cccc(C(Nc2cccc(C#N)n2)c2cccc(OC)c2)c1. The number of methoxy groups -OCH3 is 2. The number of anilines is 1. The highest BCUT2D eigenvalue weighted by Gasteiger charge is 2.16. The molecular formula is C21H19N3O2. The van der Waals surface area contributed by atoms with E-state index in [0.29, 0.717) is 11.5 Å². The van der Waals surface area contributed by atoms with Gasteiger partial charge in [-0.1, -0.05) is 30.3 Å². The third-order valence-corrected chi connectivity index (χ3v) is 4.01. The van der Waals surface area contributed by atoms with Gasteiger partial charge in [0.25, 0.3) is 0 Å². The Morgan fingerprint density at radius 1 is 0.885 bits per heavy atom. The molecule has 0 aliphatic heterocycles. The molecule has 5 nitrogen and oxygen atoms in total. The van der Waals surface area contributed by atoms with Gasteiger partial charge in [-0.25, -0.2) is 4.98 Å². The first-order chi connectivity index (χ1) is 12.7. The Kier molecular flexibility index (Phi) is 5.35. The van der Waals surface area contributed by atoms with Crippen molar-refractivity contribution in [3.63, 3.8) is 0 Å². The first kappa shape index (κ1) is 17.3. The van der Waals surface area contributed by atoms with E-state index in [1.165, 1.54) is 0 Å². The minimum atomic E-state index is -0.179. The smallest absolute Gasteiger partial charge is 0.142 e. The number of hydrogen-bond acceptors (Lipinski definition) is 5. The Hall–Kier alpha value is -3.52. The maximum atomic E-state index is 9.09. The summed E-state index contributed by atoms with van der Waals surface area (Å²) in [6.45, 7) is 0. The number of nitriles is 1. The van der Waals surface area contributed by atoms with Gasteiger partial charge in [-0.3, -0.25) is 0 Å². The molecule has 1 heterocycles. The van der Waals surface area contributed by atoms with Crippen LogP contribution in [0.15, 0.2) is 66.7 Å². The van der Waals surface area contributed by atoms with E-state index in [4.69, 9.17) is 14.7 Å². The van der Waals surface area contributed by atoms with E-state index in [9.17, 15) is 0 Å². The van der Waals surface area contributed by atoms with E-state index in [2.05, 4.69) is 16.4 Å². The molecule has 0 atom stereocenters. The van der Waals surface area contributed by atoms with Gasteiger partial charge < -0.3 is 14.8 Å². The normalized spacial score (nSPS) is 10.2. The van der Waals surface area contributed by atoms with Crippen LogP contribution in [0, 0.1) is 11.3 Å². The lowest BCUT2D eigenvalue weighted by atomic mass is 9.98. The number of nitrogens with zero attached hydrogens (tertiary/aromatic N) is 2. The monoisotopic (exact) mass is 345 g/mol. The summed E-state index contributed by atoms with van der Waals surface area (Å²) in [4.78, 5) is 4.33. The van der Waals surface area contributed by atoms with Gasteiger partial charge in [-0.15, -0.1) is 0 Å². The highest BCUT2D eigenvalue weighted by Crippen LogP contribution is 2.30. The molecule has 0 radical (unpaired) electrons. The largest absolute Gasteiger partial charge is 0.497 e. The molecule has 1 aromatic heterocycles. The number of benzene rings is 2. The summed E-state index contributed by atoms with van der Waals surface area (Å²) in [5.74, 6) is 2.17. The molecule has 3 rings (SSSR count). The van der Waals surface area contributed by atoms with Crippen molar-refractivity contribution in [1.29, 1.82) is 5.26 Å². The predicted octanol–water partition coefficient (Wildman–Crippen LogP) is 4.17. The third-order valence-electron chi connectivity index (χ3n) is 4.01. The van der Waals surface area contributed by atoms with Crippen molar-refractivity contribution in [2.45, 2.75) is 6.04 Å². The summed E-state index contributed by atoms with van der Waals surface area (Å²) in [5.41, 5.74) is 2.40. The molecule has 5 heteroatoms. The van der Waals surface area contributed by atoms with Crippen molar-refractivity contribution >= 4 is 5.82 Å². The molecule has 0 bridgehead atoms. The van der Waals surface area contributed by atoms with Crippen molar-refractivity contribution in [2.75, 3.05) is 19.5 Å². The Morgan fingerprint density at radius 3 is 2.00 bits per heavy atom. The molecule has 0 spiro atoms. The number of nitrogens with one attached hydrogen (secondary N) is 1. The van der Waals surface area contributed by atoms with E-state index < -0.39 is 0 Å². The van der Waals surface area contributed by atoms with Crippen LogP contribution in [-0.2, 0) is 0 Å². The van der Waals surface area contributed by atoms with Crippen LogP contribution in [0.5, 0.6) is 11.5 Å². The molecule has 3 aromatic rings. The van der Waals surface area contributed by atoms with Crippen LogP contribution in [0.2, 0.25) is 0 Å². The second-order valence-corrected chi connectivity index (χ2v) is 5.65. The second-order valence-electron chi connectivity index (χ2n) is 5.65. The molecule has 0 saturated carbocycles. The first-order valence-corrected chi connectivity index (χ1v) is 8.15. The minimum Gasteiger partial charge on any atom is -0.497 e. The molecule has 0 aliphatic rings. The van der Waals surface area contributed by atoms with Crippen LogP contribution in [0.3, 0.4) is 0 Å². The molecule has 0 unspecified atom stereocenters. The quantitative estimate of drug-likeness (QED) is 0.726. The highest BCUT2D eigenvalue weighted by molar-refractivity contribution is 5.48. The average molecular weight is 345 g/mol. The van der Waals surface area contributed by atoms with Gasteiger partial charge in [0.05, 0.1) is 20.3 Å². The van der Waals surface area contributed by atoms with Crippen LogP contribution in [0.25, 0.3) is 0 Å². The zero-order valence-electron chi connectivity index (χ0n) is 14.6. The number of pyridine rings is 1. The summed E-state index contributed by atoms with van der Waals surface area (Å²) in [6.07, 6.45) is 0. The van der Waals surface area contributed by atoms with Gasteiger partial charge in [0.2, 0.25) is 0 Å². The Balaban J connectivity index is 2.04. The molecule has 0 saturated heterocycles. The molecule has 130 valence electrons. The lowest BCUT2D eigenvalue weighted by molar-refractivity contribution is 0.413. The maximum absolute atomic E-state index is 9.09. The Bertz CT molecular complexity index is 887. The first-order valence-electron chi connectivity index (χ1n) is 8.15. The fraction of sp³-hybridized carbons (Fsp3) is 0.143. The zero-order valence-corrected chi connectivity index (χ0v) is 14.6. The van der Waals surface area contributed by atoms with E-state index >= 15 is 0 Å². The average Bonchev–Trinajstić information content (AvgIpc) is 2.72. The van der Waals surface area contributed by atoms with Gasteiger partial charge >= 0.3 is 0 Å². The van der Waals surface area contributed by atoms with Gasteiger partial charge in [0.1, 0.15) is 29.1 Å². The van der Waals surface area contributed by atoms with Crippen LogP contribution in [0.1, 0.15) is 22.9 Å². The van der Waals surface area contributed by atoms with Crippen molar-refractivity contribution < 1.29 is 9.47 Å². The molecule has 0 fully saturated rings. The number of ether oxygens (including phenoxy) is 2. The number of hydrogen-bond donors (Lipinski definition) is 1. The fourth-order valence-electron chi connectivity index (χ4n) is 2.73. The summed E-state index contributed by atoms with van der Waals surface area (Å²) >= 11 is 0. The van der Waals surface area contributed by atoms with E-state index in [1.54, 1.807) is 20.3 Å².